The number of aromatic nitrogens is 1. The van der Waals surface area contributed by atoms with E-state index in [-0.39, 0.29) is 0 Å². The summed E-state index contributed by atoms with van der Waals surface area (Å²) >= 11 is 0. The van der Waals surface area contributed by atoms with Crippen LogP contribution < -0.4 is 0 Å². The van der Waals surface area contributed by atoms with E-state index in [4.69, 9.17) is 0 Å². The fourth-order valence-electron chi connectivity index (χ4n) is 10.5. The summed E-state index contributed by atoms with van der Waals surface area (Å²) in [4.78, 5) is 5.44. The summed E-state index contributed by atoms with van der Waals surface area (Å²) in [5.41, 5.74) is 13.6. The van der Waals surface area contributed by atoms with Crippen LogP contribution in [0.25, 0.3) is 93.5 Å². The van der Waals surface area contributed by atoms with Crippen molar-refractivity contribution in [1.29, 1.82) is 0 Å². The second kappa shape index (κ2) is 14.6. The molecule has 0 aliphatic carbocycles. The van der Waals surface area contributed by atoms with Crippen LogP contribution in [-0.2, 0) is 0 Å². The van der Waals surface area contributed by atoms with Crippen molar-refractivity contribution >= 4 is 53.4 Å². The predicted molar refractivity (Wildman–Crippen MR) is 271 cm³/mol. The fraction of sp³-hybridized carbons (Fsp3) is 0. The number of nitrogens with zero attached hydrogens (tertiary/aromatic N) is 1. The summed E-state index contributed by atoms with van der Waals surface area (Å²) in [7, 11) is -1.93. The summed E-state index contributed by atoms with van der Waals surface area (Å²) in [6.45, 7) is 0. The number of benzene rings is 11. The van der Waals surface area contributed by atoms with Gasteiger partial charge in [-0.1, -0.05) is 182 Å². The number of fused-ring (bicyclic) bond motifs is 8. The summed E-state index contributed by atoms with van der Waals surface area (Å²) in [5, 5.41) is 7.50. The predicted octanol–water partition coefficient (Wildman–Crippen LogP) is 17.4. The molecule has 0 amide bonds. The molecule has 0 bridgehead atoms. The van der Waals surface area contributed by atoms with E-state index in [1.165, 1.54) is 107 Å². The van der Waals surface area contributed by atoms with E-state index >= 15 is 0 Å². The van der Waals surface area contributed by atoms with Crippen molar-refractivity contribution in [1.82, 2.24) is 4.57 Å². The minimum atomic E-state index is -1.93. The molecule has 0 N–H and O–H groups in total. The molecule has 13 rings (SSSR count). The van der Waals surface area contributed by atoms with Gasteiger partial charge in [0.2, 0.25) is 0 Å². The van der Waals surface area contributed by atoms with Crippen LogP contribution in [0.15, 0.2) is 268 Å². The Labute approximate surface area is 374 Å². The molecule has 0 atom stereocenters. The molecule has 0 radical (unpaired) electrons. The van der Waals surface area contributed by atoms with Gasteiger partial charge in [0.25, 0.3) is 0 Å². The zero-order chi connectivity index (χ0) is 42.2. The minimum absolute atomic E-state index is 1.16. The Morgan fingerprint density at radius 1 is 0.266 bits per heavy atom. The number of hydrogen-bond acceptors (Lipinski definition) is 0. The largest absolute Gasteiger partial charge is 0.309 e. The quantitative estimate of drug-likeness (QED) is 0.157. The summed E-state index contributed by atoms with van der Waals surface area (Å²) in [6.07, 6.45) is 0. The molecule has 0 saturated carbocycles. The van der Waals surface area contributed by atoms with Crippen molar-refractivity contribution < 1.29 is 0 Å². The van der Waals surface area contributed by atoms with Crippen molar-refractivity contribution in [2.75, 3.05) is 0 Å². The highest BCUT2D eigenvalue weighted by Crippen LogP contribution is 2.80. The molecule has 0 spiro atoms. The zero-order valence-corrected chi connectivity index (χ0v) is 35.8. The van der Waals surface area contributed by atoms with Gasteiger partial charge < -0.3 is 4.57 Å². The molecule has 300 valence electrons. The lowest BCUT2D eigenvalue weighted by Crippen LogP contribution is -2.03. The van der Waals surface area contributed by atoms with Gasteiger partial charge in [0.05, 0.1) is 11.0 Å². The second-order valence-electron chi connectivity index (χ2n) is 16.8. The van der Waals surface area contributed by atoms with Crippen LogP contribution in [-0.4, -0.2) is 4.57 Å². The second-order valence-corrected chi connectivity index (χ2v) is 19.9. The lowest BCUT2D eigenvalue weighted by molar-refractivity contribution is 1.16. The molecule has 1 aromatic heterocycles. The average molecular weight is 832 g/mol. The van der Waals surface area contributed by atoms with Gasteiger partial charge in [0.1, 0.15) is 0 Å². The molecule has 0 saturated heterocycles. The lowest BCUT2D eigenvalue weighted by Gasteiger charge is -2.39. The monoisotopic (exact) mass is 831 g/mol. The van der Waals surface area contributed by atoms with E-state index in [1.54, 1.807) is 0 Å². The van der Waals surface area contributed by atoms with Crippen molar-refractivity contribution in [3.63, 3.8) is 0 Å². The molecule has 2 heterocycles. The van der Waals surface area contributed by atoms with Crippen molar-refractivity contribution in [2.45, 2.75) is 19.6 Å². The van der Waals surface area contributed by atoms with Gasteiger partial charge in [-0.3, -0.25) is 0 Å². The third-order valence-electron chi connectivity index (χ3n) is 13.4. The first-order chi connectivity index (χ1) is 31.7. The SMILES string of the molecule is c1ccc(-c2ccc3c(c2)S(c2ccccc2)(c2ccccc2)c2cc(-n4c5ccc(-c6cccc7ccccc67)cc5c5cc(-c6cccc7ccccc67)ccc54)ccc2-3)cc1. The normalized spacial score (nSPS) is 13.3. The smallest absolute Gasteiger partial charge is 0.0541 e. The minimum Gasteiger partial charge on any atom is -0.309 e. The third kappa shape index (κ3) is 5.53. The van der Waals surface area contributed by atoms with Crippen LogP contribution >= 0.6 is 10.0 Å². The standard InChI is InChI=1S/C62H41NS/c1-4-16-42(17-5-1)45-30-34-55-56-35-33-48(41-62(56)64(61(55)40-45,49-22-6-2-7-23-49)50-24-8-3-9-25-50)63-59-36-31-46(53-28-14-20-43-18-10-12-26-51(43)53)38-57(59)58-39-47(32-37-60(58)63)54-29-15-21-44-19-11-13-27-52(44)54/h1-41H. The Morgan fingerprint density at radius 2 is 0.719 bits per heavy atom. The van der Waals surface area contributed by atoms with Crippen LogP contribution in [0.2, 0.25) is 0 Å². The molecular formula is C62H41NS. The average Bonchev–Trinajstić information content (AvgIpc) is 3.86. The molecule has 0 unspecified atom stereocenters. The molecule has 1 aliphatic heterocycles. The molecule has 64 heavy (non-hydrogen) atoms. The Bertz CT molecular complexity index is 3590. The maximum atomic E-state index is 2.53. The van der Waals surface area contributed by atoms with Gasteiger partial charge >= 0.3 is 0 Å². The van der Waals surface area contributed by atoms with Gasteiger partial charge in [-0.2, -0.15) is 0 Å². The van der Waals surface area contributed by atoms with Gasteiger partial charge in [-0.15, -0.1) is 10.0 Å². The first kappa shape index (κ1) is 36.7. The van der Waals surface area contributed by atoms with Gasteiger partial charge in [-0.25, -0.2) is 0 Å². The maximum absolute atomic E-state index is 2.53. The van der Waals surface area contributed by atoms with Crippen LogP contribution in [0, 0.1) is 0 Å². The van der Waals surface area contributed by atoms with Crippen molar-refractivity contribution in [3.8, 4) is 50.2 Å². The van der Waals surface area contributed by atoms with Crippen LogP contribution in [0.4, 0.5) is 0 Å². The zero-order valence-electron chi connectivity index (χ0n) is 35.0. The Kier molecular flexibility index (Phi) is 8.37. The maximum Gasteiger partial charge on any atom is 0.0541 e. The van der Waals surface area contributed by atoms with E-state index in [1.807, 2.05) is 0 Å². The molecular weight excluding hydrogens is 791 g/mol. The highest BCUT2D eigenvalue weighted by molar-refractivity contribution is 8.34. The van der Waals surface area contributed by atoms with E-state index in [9.17, 15) is 0 Å². The van der Waals surface area contributed by atoms with Crippen LogP contribution in [0.1, 0.15) is 0 Å². The Morgan fingerprint density at radius 3 is 1.28 bits per heavy atom. The van der Waals surface area contributed by atoms with E-state index in [2.05, 4.69) is 253 Å². The first-order valence-electron chi connectivity index (χ1n) is 22.1. The topological polar surface area (TPSA) is 4.93 Å². The Balaban J connectivity index is 1.09. The number of hydrogen-bond donors (Lipinski definition) is 0. The highest BCUT2D eigenvalue weighted by atomic mass is 32.3. The van der Waals surface area contributed by atoms with Gasteiger partial charge in [-0.05, 0) is 133 Å². The van der Waals surface area contributed by atoms with Crippen molar-refractivity contribution in [3.05, 3.63) is 249 Å². The molecule has 11 aromatic carbocycles. The summed E-state index contributed by atoms with van der Waals surface area (Å²) < 4.78 is 2.52. The third-order valence-corrected chi connectivity index (χ3v) is 17.4. The van der Waals surface area contributed by atoms with Crippen molar-refractivity contribution in [2.24, 2.45) is 0 Å². The Hall–Kier alpha value is -7.91. The van der Waals surface area contributed by atoms with E-state index in [0.717, 1.165) is 5.69 Å². The van der Waals surface area contributed by atoms with Crippen LogP contribution in [0.3, 0.4) is 0 Å². The van der Waals surface area contributed by atoms with Crippen LogP contribution in [0.5, 0.6) is 0 Å². The highest BCUT2D eigenvalue weighted by Gasteiger charge is 2.42. The van der Waals surface area contributed by atoms with E-state index in [0.29, 0.717) is 0 Å². The molecule has 1 aliphatic rings. The van der Waals surface area contributed by atoms with Gasteiger partial charge in [0, 0.05) is 36.0 Å². The summed E-state index contributed by atoms with van der Waals surface area (Å²) in [5.74, 6) is 0. The molecule has 2 heteroatoms. The number of rotatable bonds is 6. The molecule has 12 aromatic rings. The molecule has 0 fully saturated rings. The lowest BCUT2D eigenvalue weighted by atomic mass is 9.95. The fourth-order valence-corrected chi connectivity index (χ4v) is 14.8. The molecule has 1 nitrogen and oxygen atoms in total. The first-order valence-corrected chi connectivity index (χ1v) is 23.7. The summed E-state index contributed by atoms with van der Waals surface area (Å²) in [6, 6.07) is 92.8. The van der Waals surface area contributed by atoms with Gasteiger partial charge in [0.15, 0.2) is 0 Å². The van der Waals surface area contributed by atoms with E-state index < -0.39 is 10.0 Å².